The minimum absolute atomic E-state index is 0.863. The van der Waals surface area contributed by atoms with Crippen LogP contribution in [0.3, 0.4) is 0 Å². The SMILES string of the molecule is C=C/C=C\c1oc2c(-c3ccc(Nc4ccc(-c5cccc6c5c5ccccc5n6-c5ccccc5)cc4)cc3)cccc2c1C. The summed E-state index contributed by atoms with van der Waals surface area (Å²) >= 11 is 0. The van der Waals surface area contributed by atoms with Crippen molar-refractivity contribution < 1.29 is 4.42 Å². The van der Waals surface area contributed by atoms with Gasteiger partial charge in [0.15, 0.2) is 0 Å². The van der Waals surface area contributed by atoms with Gasteiger partial charge in [-0.3, -0.25) is 0 Å². The maximum Gasteiger partial charge on any atom is 0.142 e. The number of para-hydroxylation sites is 3. The molecule has 6 aromatic carbocycles. The molecule has 0 aliphatic carbocycles. The average Bonchev–Trinajstić information content (AvgIpc) is 3.62. The quantitative estimate of drug-likeness (QED) is 0.187. The summed E-state index contributed by atoms with van der Waals surface area (Å²) in [5.74, 6) is 0.863. The van der Waals surface area contributed by atoms with Gasteiger partial charge < -0.3 is 14.3 Å². The third-order valence-electron chi connectivity index (χ3n) is 8.78. The molecule has 0 saturated heterocycles. The molecule has 0 radical (unpaired) electrons. The molecule has 0 amide bonds. The molecular weight excluding hydrogens is 560 g/mol. The van der Waals surface area contributed by atoms with Crippen LogP contribution in [0.2, 0.25) is 0 Å². The number of fused-ring (bicyclic) bond motifs is 4. The zero-order chi connectivity index (χ0) is 31.0. The van der Waals surface area contributed by atoms with Gasteiger partial charge in [-0.1, -0.05) is 110 Å². The topological polar surface area (TPSA) is 30.1 Å². The average molecular weight is 593 g/mol. The van der Waals surface area contributed by atoms with Crippen molar-refractivity contribution in [1.82, 2.24) is 4.57 Å². The Bertz CT molecular complexity index is 2390. The highest BCUT2D eigenvalue weighted by molar-refractivity contribution is 6.15. The monoisotopic (exact) mass is 592 g/mol. The molecule has 0 bridgehead atoms. The van der Waals surface area contributed by atoms with Crippen molar-refractivity contribution in [3.8, 4) is 27.9 Å². The van der Waals surface area contributed by atoms with Crippen LogP contribution in [0.25, 0.3) is 66.8 Å². The van der Waals surface area contributed by atoms with Gasteiger partial charge in [0.1, 0.15) is 11.3 Å². The highest BCUT2D eigenvalue weighted by atomic mass is 16.3. The van der Waals surface area contributed by atoms with Crippen LogP contribution in [0.4, 0.5) is 11.4 Å². The van der Waals surface area contributed by atoms with E-state index in [1.54, 1.807) is 6.08 Å². The number of anilines is 2. The van der Waals surface area contributed by atoms with Crippen LogP contribution in [0.1, 0.15) is 11.3 Å². The molecule has 3 nitrogen and oxygen atoms in total. The summed E-state index contributed by atoms with van der Waals surface area (Å²) in [6, 6.07) is 49.5. The fourth-order valence-electron chi connectivity index (χ4n) is 6.55. The van der Waals surface area contributed by atoms with Gasteiger partial charge in [-0.2, -0.15) is 0 Å². The third-order valence-corrected chi connectivity index (χ3v) is 8.78. The van der Waals surface area contributed by atoms with Crippen LogP contribution < -0.4 is 5.32 Å². The molecule has 0 aliphatic heterocycles. The predicted octanol–water partition coefficient (Wildman–Crippen LogP) is 12.1. The first-order valence-electron chi connectivity index (χ1n) is 15.6. The Morgan fingerprint density at radius 2 is 1.22 bits per heavy atom. The number of nitrogens with zero attached hydrogens (tertiary/aromatic N) is 1. The molecule has 0 saturated carbocycles. The van der Waals surface area contributed by atoms with Crippen LogP contribution in [0.15, 0.2) is 163 Å². The molecule has 0 fully saturated rings. The van der Waals surface area contributed by atoms with Crippen LogP contribution >= 0.6 is 0 Å². The number of allylic oxidation sites excluding steroid dienone is 2. The predicted molar refractivity (Wildman–Crippen MR) is 195 cm³/mol. The lowest BCUT2D eigenvalue weighted by Gasteiger charge is -2.11. The van der Waals surface area contributed by atoms with E-state index >= 15 is 0 Å². The van der Waals surface area contributed by atoms with Crippen LogP contribution in [-0.4, -0.2) is 4.57 Å². The number of aryl methyl sites for hydroxylation is 1. The van der Waals surface area contributed by atoms with Crippen molar-refractivity contribution in [2.24, 2.45) is 0 Å². The Hall–Kier alpha value is -6.06. The zero-order valence-corrected chi connectivity index (χ0v) is 25.6. The van der Waals surface area contributed by atoms with Crippen molar-refractivity contribution in [3.05, 3.63) is 170 Å². The minimum Gasteiger partial charge on any atom is -0.456 e. The lowest BCUT2D eigenvalue weighted by molar-refractivity contribution is 0.602. The highest BCUT2D eigenvalue weighted by Crippen LogP contribution is 2.39. The van der Waals surface area contributed by atoms with E-state index < -0.39 is 0 Å². The van der Waals surface area contributed by atoms with Gasteiger partial charge in [0, 0.05) is 44.3 Å². The van der Waals surface area contributed by atoms with Crippen molar-refractivity contribution >= 4 is 50.2 Å². The normalized spacial score (nSPS) is 11.6. The van der Waals surface area contributed by atoms with E-state index in [9.17, 15) is 0 Å². The molecule has 0 atom stereocenters. The molecule has 2 aromatic heterocycles. The van der Waals surface area contributed by atoms with Crippen molar-refractivity contribution in [3.63, 3.8) is 0 Å². The minimum atomic E-state index is 0.863. The van der Waals surface area contributed by atoms with E-state index in [1.807, 2.05) is 12.2 Å². The standard InChI is InChI=1S/C43H32N2O/c1-3-4-20-41-29(2)35-15-10-17-37(43(35)46-41)31-23-27-33(28-24-31)44-32-25-21-30(22-26-32)36-16-11-19-40-42(36)38-14-8-9-18-39(38)45(40)34-12-6-5-7-13-34/h3-28,44H,1H2,2H3/b20-4-. The molecule has 0 spiro atoms. The Morgan fingerprint density at radius 1 is 0.609 bits per heavy atom. The summed E-state index contributed by atoms with van der Waals surface area (Å²) in [4.78, 5) is 0. The van der Waals surface area contributed by atoms with Crippen molar-refractivity contribution in [2.45, 2.75) is 6.92 Å². The number of benzene rings is 6. The summed E-state index contributed by atoms with van der Waals surface area (Å²) in [7, 11) is 0. The molecule has 8 rings (SSSR count). The molecule has 220 valence electrons. The van der Waals surface area contributed by atoms with E-state index in [0.29, 0.717) is 0 Å². The van der Waals surface area contributed by atoms with Gasteiger partial charge in [0.25, 0.3) is 0 Å². The molecule has 0 aliphatic rings. The summed E-state index contributed by atoms with van der Waals surface area (Å²) in [5.41, 5.74) is 12.3. The van der Waals surface area contributed by atoms with E-state index in [2.05, 4.69) is 163 Å². The molecule has 8 aromatic rings. The highest BCUT2D eigenvalue weighted by Gasteiger charge is 2.16. The maximum atomic E-state index is 6.28. The largest absolute Gasteiger partial charge is 0.456 e. The first-order chi connectivity index (χ1) is 22.7. The second kappa shape index (κ2) is 11.5. The Labute approximate surface area is 268 Å². The van der Waals surface area contributed by atoms with Gasteiger partial charge in [-0.25, -0.2) is 0 Å². The van der Waals surface area contributed by atoms with Crippen molar-refractivity contribution in [1.29, 1.82) is 0 Å². The number of rotatable bonds is 7. The first kappa shape index (κ1) is 27.5. The van der Waals surface area contributed by atoms with Gasteiger partial charge in [0.05, 0.1) is 11.0 Å². The van der Waals surface area contributed by atoms with Gasteiger partial charge in [0.2, 0.25) is 0 Å². The number of hydrogen-bond acceptors (Lipinski definition) is 2. The Balaban J connectivity index is 1.09. The van der Waals surface area contributed by atoms with E-state index in [-0.39, 0.29) is 0 Å². The zero-order valence-electron chi connectivity index (χ0n) is 25.6. The smallest absolute Gasteiger partial charge is 0.142 e. The van der Waals surface area contributed by atoms with Crippen LogP contribution in [0, 0.1) is 6.92 Å². The molecule has 2 heterocycles. The van der Waals surface area contributed by atoms with Gasteiger partial charge >= 0.3 is 0 Å². The van der Waals surface area contributed by atoms with Crippen molar-refractivity contribution in [2.75, 3.05) is 5.32 Å². The van der Waals surface area contributed by atoms with Crippen LogP contribution in [0.5, 0.6) is 0 Å². The molecule has 46 heavy (non-hydrogen) atoms. The first-order valence-corrected chi connectivity index (χ1v) is 15.6. The number of furan rings is 1. The second-order valence-electron chi connectivity index (χ2n) is 11.5. The molecule has 0 unspecified atom stereocenters. The summed E-state index contributed by atoms with van der Waals surface area (Å²) < 4.78 is 8.64. The van der Waals surface area contributed by atoms with E-state index in [4.69, 9.17) is 4.42 Å². The fraction of sp³-hybridized carbons (Fsp3) is 0.0233. The number of hydrogen-bond donors (Lipinski definition) is 1. The van der Waals surface area contributed by atoms with E-state index in [0.717, 1.165) is 50.5 Å². The molecule has 1 N–H and O–H groups in total. The summed E-state index contributed by atoms with van der Waals surface area (Å²) in [6.45, 7) is 5.87. The second-order valence-corrected chi connectivity index (χ2v) is 11.5. The summed E-state index contributed by atoms with van der Waals surface area (Å²) in [5, 5.41) is 7.23. The number of nitrogens with one attached hydrogen (secondary N) is 1. The third kappa shape index (κ3) is 4.70. The number of aromatic nitrogens is 1. The van der Waals surface area contributed by atoms with E-state index in [1.165, 1.54) is 32.9 Å². The molecule has 3 heteroatoms. The lowest BCUT2D eigenvalue weighted by atomic mass is 9.99. The molecular formula is C43H32N2O. The summed E-state index contributed by atoms with van der Waals surface area (Å²) in [6.07, 6.45) is 5.63. The lowest BCUT2D eigenvalue weighted by Crippen LogP contribution is -1.93. The van der Waals surface area contributed by atoms with Crippen LogP contribution in [-0.2, 0) is 0 Å². The van der Waals surface area contributed by atoms with Gasteiger partial charge in [-0.15, -0.1) is 0 Å². The maximum absolute atomic E-state index is 6.28. The Kier molecular flexibility index (Phi) is 6.85. The Morgan fingerprint density at radius 3 is 1.96 bits per heavy atom. The fourth-order valence-corrected chi connectivity index (χ4v) is 6.55. The van der Waals surface area contributed by atoms with Gasteiger partial charge in [-0.05, 0) is 78.2 Å².